The standard InChI is InChI=1S/C17H14O7/c18-11-17(16(21)22,24-13-9-5-2-6-10-13)14(15(19)20)23-12-7-3-1-4-8-12/h1-11,14H,(H,19,20)(H,21,22)/t14-,17+/m0/s1. The van der Waals surface area contributed by atoms with Crippen LogP contribution in [0.25, 0.3) is 0 Å². The Kier molecular flexibility index (Phi) is 5.16. The molecule has 2 aromatic carbocycles. The molecule has 0 spiro atoms. The minimum atomic E-state index is -2.75. The average molecular weight is 330 g/mol. The number of benzene rings is 2. The molecule has 24 heavy (non-hydrogen) atoms. The number of carbonyl (C=O) groups is 3. The minimum Gasteiger partial charge on any atom is -0.478 e. The molecule has 0 bridgehead atoms. The summed E-state index contributed by atoms with van der Waals surface area (Å²) in [4.78, 5) is 34.8. The number of carboxylic acids is 2. The summed E-state index contributed by atoms with van der Waals surface area (Å²) in [6.07, 6.45) is -2.17. The summed E-state index contributed by atoms with van der Waals surface area (Å²) >= 11 is 0. The molecule has 0 radical (unpaired) electrons. The van der Waals surface area contributed by atoms with Crippen LogP contribution in [-0.2, 0) is 14.4 Å². The van der Waals surface area contributed by atoms with Crippen LogP contribution in [0.15, 0.2) is 60.7 Å². The van der Waals surface area contributed by atoms with Crippen molar-refractivity contribution in [1.29, 1.82) is 0 Å². The van der Waals surface area contributed by atoms with Gasteiger partial charge in [0.1, 0.15) is 11.5 Å². The lowest BCUT2D eigenvalue weighted by molar-refractivity contribution is -0.176. The molecule has 0 unspecified atom stereocenters. The average Bonchev–Trinajstić information content (AvgIpc) is 2.59. The van der Waals surface area contributed by atoms with Crippen molar-refractivity contribution in [3.05, 3.63) is 60.7 Å². The van der Waals surface area contributed by atoms with Crippen LogP contribution in [0.1, 0.15) is 0 Å². The topological polar surface area (TPSA) is 110 Å². The van der Waals surface area contributed by atoms with E-state index in [1.165, 1.54) is 24.3 Å². The number of ether oxygens (including phenoxy) is 2. The van der Waals surface area contributed by atoms with E-state index in [2.05, 4.69) is 0 Å². The summed E-state index contributed by atoms with van der Waals surface area (Å²) in [5, 5.41) is 18.9. The van der Waals surface area contributed by atoms with Gasteiger partial charge >= 0.3 is 17.5 Å². The van der Waals surface area contributed by atoms with E-state index in [1.54, 1.807) is 36.4 Å². The van der Waals surface area contributed by atoms with Gasteiger partial charge in [0.25, 0.3) is 6.10 Å². The maximum atomic E-state index is 11.7. The summed E-state index contributed by atoms with van der Waals surface area (Å²) in [7, 11) is 0. The molecule has 7 nitrogen and oxygen atoms in total. The van der Waals surface area contributed by atoms with Crippen molar-refractivity contribution < 1.29 is 34.1 Å². The fraction of sp³-hybridized carbons (Fsp3) is 0.118. The third-order valence-corrected chi connectivity index (χ3v) is 3.15. The number of carbonyl (C=O) groups excluding carboxylic acids is 1. The molecule has 0 saturated carbocycles. The number of rotatable bonds is 8. The molecule has 124 valence electrons. The molecule has 0 fully saturated rings. The number of hydrogen-bond donors (Lipinski definition) is 2. The van der Waals surface area contributed by atoms with Gasteiger partial charge < -0.3 is 19.7 Å². The Morgan fingerprint density at radius 1 is 0.917 bits per heavy atom. The molecule has 0 aliphatic rings. The van der Waals surface area contributed by atoms with Gasteiger partial charge in [-0.05, 0) is 24.3 Å². The number of aliphatic carboxylic acids is 2. The Labute approximate surface area is 137 Å². The van der Waals surface area contributed by atoms with Gasteiger partial charge in [-0.1, -0.05) is 36.4 Å². The predicted octanol–water partition coefficient (Wildman–Crippen LogP) is 1.62. The summed E-state index contributed by atoms with van der Waals surface area (Å²) in [6.45, 7) is 0. The molecule has 0 aromatic heterocycles. The predicted molar refractivity (Wildman–Crippen MR) is 82.0 cm³/mol. The SMILES string of the molecule is O=C[C@](Oc1ccccc1)(C(=O)O)[C@@H](Oc1ccccc1)C(=O)O. The van der Waals surface area contributed by atoms with Crippen LogP contribution in [0.4, 0.5) is 0 Å². The zero-order valence-corrected chi connectivity index (χ0v) is 12.4. The van der Waals surface area contributed by atoms with Crippen molar-refractivity contribution in [3.8, 4) is 11.5 Å². The maximum absolute atomic E-state index is 11.7. The van der Waals surface area contributed by atoms with Crippen LogP contribution >= 0.6 is 0 Å². The van der Waals surface area contributed by atoms with Crippen molar-refractivity contribution in [1.82, 2.24) is 0 Å². The van der Waals surface area contributed by atoms with Crippen LogP contribution in [0, 0.1) is 0 Å². The molecule has 0 aliphatic carbocycles. The molecule has 0 amide bonds. The number of para-hydroxylation sites is 2. The van der Waals surface area contributed by atoms with Crippen molar-refractivity contribution >= 4 is 18.2 Å². The Bertz CT molecular complexity index is 714. The Morgan fingerprint density at radius 2 is 1.42 bits per heavy atom. The number of aldehydes is 1. The van der Waals surface area contributed by atoms with Gasteiger partial charge in [0.15, 0.2) is 6.29 Å². The summed E-state index contributed by atoms with van der Waals surface area (Å²) in [5.74, 6) is -3.31. The highest BCUT2D eigenvalue weighted by Gasteiger charge is 2.55. The fourth-order valence-corrected chi connectivity index (χ4v) is 1.99. The van der Waals surface area contributed by atoms with Crippen LogP contribution in [0.5, 0.6) is 11.5 Å². The van der Waals surface area contributed by atoms with Crippen LogP contribution in [0.2, 0.25) is 0 Å². The second-order valence-corrected chi connectivity index (χ2v) is 4.78. The first-order valence-electron chi connectivity index (χ1n) is 6.88. The van der Waals surface area contributed by atoms with E-state index in [1.807, 2.05) is 0 Å². The molecule has 2 atom stereocenters. The third kappa shape index (κ3) is 3.52. The van der Waals surface area contributed by atoms with Crippen molar-refractivity contribution in [2.45, 2.75) is 11.7 Å². The van der Waals surface area contributed by atoms with Gasteiger partial charge in [0.2, 0.25) is 0 Å². The van der Waals surface area contributed by atoms with E-state index in [9.17, 15) is 24.6 Å². The highest BCUT2D eigenvalue weighted by molar-refractivity contribution is 6.02. The zero-order chi connectivity index (χ0) is 17.6. The summed E-state index contributed by atoms with van der Waals surface area (Å²) < 4.78 is 10.5. The largest absolute Gasteiger partial charge is 0.478 e. The third-order valence-electron chi connectivity index (χ3n) is 3.15. The molecule has 2 aromatic rings. The van der Waals surface area contributed by atoms with Crippen LogP contribution in [-0.4, -0.2) is 40.1 Å². The first-order chi connectivity index (χ1) is 11.5. The lowest BCUT2D eigenvalue weighted by Crippen LogP contribution is -2.61. The van der Waals surface area contributed by atoms with Gasteiger partial charge in [-0.25, -0.2) is 9.59 Å². The normalized spacial score (nSPS) is 14.0. The molecule has 0 heterocycles. The van der Waals surface area contributed by atoms with E-state index in [0.29, 0.717) is 0 Å². The van der Waals surface area contributed by atoms with Gasteiger partial charge in [-0.15, -0.1) is 0 Å². The highest BCUT2D eigenvalue weighted by atomic mass is 16.6. The molecule has 0 aliphatic heterocycles. The van der Waals surface area contributed by atoms with Crippen molar-refractivity contribution in [2.75, 3.05) is 0 Å². The Hall–Kier alpha value is -3.35. The van der Waals surface area contributed by atoms with Gasteiger partial charge in [-0.3, -0.25) is 4.79 Å². The van der Waals surface area contributed by atoms with Crippen LogP contribution < -0.4 is 9.47 Å². The Balaban J connectivity index is 2.44. The minimum absolute atomic E-state index is 0.0231. The monoisotopic (exact) mass is 330 g/mol. The van der Waals surface area contributed by atoms with E-state index in [4.69, 9.17) is 9.47 Å². The number of hydrogen-bond acceptors (Lipinski definition) is 5. The highest BCUT2D eigenvalue weighted by Crippen LogP contribution is 2.25. The molecular formula is C17H14O7. The summed E-state index contributed by atoms with van der Waals surface area (Å²) in [6, 6.07) is 15.3. The van der Waals surface area contributed by atoms with E-state index < -0.39 is 23.6 Å². The molecule has 7 heteroatoms. The number of carboxylic acid groups (broad SMARTS) is 2. The van der Waals surface area contributed by atoms with Crippen LogP contribution in [0.3, 0.4) is 0 Å². The summed E-state index contributed by atoms with van der Waals surface area (Å²) in [5.41, 5.74) is -2.75. The smallest absolute Gasteiger partial charge is 0.360 e. The second kappa shape index (κ2) is 7.28. The van der Waals surface area contributed by atoms with Gasteiger partial charge in [0.05, 0.1) is 0 Å². The first kappa shape index (κ1) is 17.0. The quantitative estimate of drug-likeness (QED) is 0.559. The molecular weight excluding hydrogens is 316 g/mol. The first-order valence-corrected chi connectivity index (χ1v) is 6.88. The van der Waals surface area contributed by atoms with E-state index >= 15 is 0 Å². The lowest BCUT2D eigenvalue weighted by Gasteiger charge is -2.30. The molecule has 2 rings (SSSR count). The molecule has 0 saturated heterocycles. The maximum Gasteiger partial charge on any atom is 0.360 e. The molecule has 2 N–H and O–H groups in total. The lowest BCUT2D eigenvalue weighted by atomic mass is 9.97. The van der Waals surface area contributed by atoms with Gasteiger partial charge in [0, 0.05) is 0 Å². The second-order valence-electron chi connectivity index (χ2n) is 4.78. The van der Waals surface area contributed by atoms with Gasteiger partial charge in [-0.2, -0.15) is 0 Å². The zero-order valence-electron chi connectivity index (χ0n) is 12.4. The Morgan fingerprint density at radius 3 is 1.83 bits per heavy atom. The van der Waals surface area contributed by atoms with E-state index in [0.717, 1.165) is 0 Å². The van der Waals surface area contributed by atoms with Crippen molar-refractivity contribution in [2.24, 2.45) is 0 Å². The fourth-order valence-electron chi connectivity index (χ4n) is 1.99. The van der Waals surface area contributed by atoms with Crippen molar-refractivity contribution in [3.63, 3.8) is 0 Å². The van der Waals surface area contributed by atoms with E-state index in [-0.39, 0.29) is 17.8 Å².